The molecule has 16 nitrogen and oxygen atoms in total. The fraction of sp³-hybridized carbons (Fsp3) is 0.550. The van der Waals surface area contributed by atoms with E-state index in [0.717, 1.165) is 22.6 Å². The van der Waals surface area contributed by atoms with Crippen LogP contribution in [0, 0.1) is 5.41 Å². The predicted octanol–water partition coefficient (Wildman–Crippen LogP) is 1.83. The van der Waals surface area contributed by atoms with Crippen LogP contribution in [0.25, 0.3) is 0 Å². The van der Waals surface area contributed by atoms with Crippen LogP contribution < -0.4 is 21.3 Å². The van der Waals surface area contributed by atoms with Crippen LogP contribution in [-0.2, 0) is 43.7 Å². The smallest absolute Gasteiger partial charge is 0.338 e. The molecule has 6 amide bonds. The number of imide groups is 1. The molecule has 1 heterocycles. The van der Waals surface area contributed by atoms with E-state index in [1.807, 2.05) is 34.6 Å². The van der Waals surface area contributed by atoms with Gasteiger partial charge in [0, 0.05) is 56.2 Å². The minimum absolute atomic E-state index is 0.0168. The third-order valence-electron chi connectivity index (χ3n) is 9.16. The van der Waals surface area contributed by atoms with E-state index in [1.54, 1.807) is 52.1 Å². The lowest BCUT2D eigenvalue weighted by Gasteiger charge is -2.38. The maximum atomic E-state index is 13.9. The molecule has 0 aliphatic carbocycles. The summed E-state index contributed by atoms with van der Waals surface area (Å²) in [5.74, 6) is -4.87. The number of benzene rings is 1. The zero-order valence-electron chi connectivity index (χ0n) is 34.3. The Bertz CT molecular complexity index is 1700. The zero-order chi connectivity index (χ0) is 42.8. The van der Waals surface area contributed by atoms with E-state index < -0.39 is 81.9 Å². The molecule has 308 valence electrons. The van der Waals surface area contributed by atoms with Crippen molar-refractivity contribution in [2.45, 2.75) is 104 Å². The van der Waals surface area contributed by atoms with Gasteiger partial charge in [0.05, 0.1) is 11.6 Å². The van der Waals surface area contributed by atoms with Crippen molar-refractivity contribution in [3.8, 4) is 0 Å². The molecular formula is C40H58N6O10. The van der Waals surface area contributed by atoms with Crippen LogP contribution in [0.1, 0.15) is 91.1 Å². The number of carbonyl (C=O) groups excluding carboxylic acids is 7. The number of nitrogens with one attached hydrogen (secondary N) is 4. The molecule has 0 radical (unpaired) electrons. The standard InChI is InChI=1S/C40H58N6O10/c1-24(33(50)43-27(36(53)54)16-17-28(47)42-21-23-46-29(48)18-19-30(46)49)20-22-45(11)35(52)32(38(2,3)4)44-34(51)31(41-10)40(8,9)26-14-12-25(13-15-26)37(55)56-39(5,6)7/h12-15,18-20,27,31-32,41H,16-17,21-23H2,1-11H3,(H,42,47)(H,43,50)(H,44,51)(H,53,54)/b24-20+/t27-,31-,32?/m1/s1. The van der Waals surface area contributed by atoms with Gasteiger partial charge >= 0.3 is 11.9 Å². The van der Waals surface area contributed by atoms with Crippen molar-refractivity contribution < 1.29 is 48.2 Å². The van der Waals surface area contributed by atoms with Crippen LogP contribution in [0.2, 0.25) is 0 Å². The number of carbonyl (C=O) groups is 8. The fourth-order valence-electron chi connectivity index (χ4n) is 5.76. The third kappa shape index (κ3) is 13.4. The number of likely N-dealkylation sites (N-methyl/N-ethyl adjacent to an activating group) is 2. The molecule has 0 saturated carbocycles. The van der Waals surface area contributed by atoms with Gasteiger partial charge in [-0.2, -0.15) is 0 Å². The largest absolute Gasteiger partial charge is 0.480 e. The van der Waals surface area contributed by atoms with Crippen molar-refractivity contribution in [3.05, 3.63) is 59.2 Å². The van der Waals surface area contributed by atoms with Gasteiger partial charge in [-0.25, -0.2) is 9.59 Å². The minimum atomic E-state index is -1.39. The Labute approximate surface area is 328 Å². The number of hydrogen-bond donors (Lipinski definition) is 5. The SMILES string of the molecule is CN[C@H](C(=O)NC(C(=O)N(C)C/C=C(\C)C(=O)N[C@H](CCC(=O)NCCN1C(=O)C=CC1=O)C(=O)O)C(C)(C)C)C(C)(C)c1ccc(C(=O)OC(C)(C)C)cc1. The molecule has 56 heavy (non-hydrogen) atoms. The summed E-state index contributed by atoms with van der Waals surface area (Å²) in [4.78, 5) is 103. The quantitative estimate of drug-likeness (QED) is 0.0822. The second kappa shape index (κ2) is 19.5. The Morgan fingerprint density at radius 1 is 0.893 bits per heavy atom. The highest BCUT2D eigenvalue weighted by molar-refractivity contribution is 6.12. The molecule has 0 aromatic heterocycles. The van der Waals surface area contributed by atoms with Crippen LogP contribution in [0.15, 0.2) is 48.1 Å². The topological polar surface area (TPSA) is 221 Å². The molecule has 1 aromatic carbocycles. The monoisotopic (exact) mass is 782 g/mol. The Morgan fingerprint density at radius 2 is 1.46 bits per heavy atom. The molecule has 1 unspecified atom stereocenters. The number of nitrogens with zero attached hydrogens (tertiary/aromatic N) is 2. The lowest BCUT2D eigenvalue weighted by molar-refractivity contribution is -0.142. The first-order valence-corrected chi connectivity index (χ1v) is 18.4. The van der Waals surface area contributed by atoms with Gasteiger partial charge in [-0.1, -0.05) is 52.8 Å². The molecule has 1 aliphatic heterocycles. The van der Waals surface area contributed by atoms with E-state index in [-0.39, 0.29) is 38.0 Å². The molecule has 5 N–H and O–H groups in total. The van der Waals surface area contributed by atoms with Crippen molar-refractivity contribution in [1.29, 1.82) is 0 Å². The number of carboxylic acid groups (broad SMARTS) is 1. The molecule has 0 saturated heterocycles. The van der Waals surface area contributed by atoms with Crippen LogP contribution in [0.5, 0.6) is 0 Å². The number of amides is 6. The summed E-state index contributed by atoms with van der Waals surface area (Å²) >= 11 is 0. The minimum Gasteiger partial charge on any atom is -0.480 e. The van der Waals surface area contributed by atoms with Crippen molar-refractivity contribution in [2.24, 2.45) is 5.41 Å². The van der Waals surface area contributed by atoms with E-state index >= 15 is 0 Å². The Kier molecular flexibility index (Phi) is 16.3. The van der Waals surface area contributed by atoms with Gasteiger partial charge in [-0.15, -0.1) is 0 Å². The summed E-state index contributed by atoms with van der Waals surface area (Å²) in [6.45, 7) is 15.9. The fourth-order valence-corrected chi connectivity index (χ4v) is 5.76. The molecule has 2 rings (SSSR count). The molecule has 1 aliphatic rings. The molecule has 0 bridgehead atoms. The number of ether oxygens (including phenoxy) is 1. The van der Waals surface area contributed by atoms with Gasteiger partial charge < -0.3 is 36.0 Å². The second-order valence-electron chi connectivity index (χ2n) is 16.4. The average molecular weight is 783 g/mol. The molecular weight excluding hydrogens is 724 g/mol. The first kappa shape index (κ1) is 46.8. The van der Waals surface area contributed by atoms with Crippen LogP contribution in [0.3, 0.4) is 0 Å². The normalized spacial score (nSPS) is 15.1. The lowest BCUT2D eigenvalue weighted by atomic mass is 9.76. The zero-order valence-corrected chi connectivity index (χ0v) is 34.3. The Hall–Kier alpha value is -5.38. The first-order valence-electron chi connectivity index (χ1n) is 18.4. The summed E-state index contributed by atoms with van der Waals surface area (Å²) < 4.78 is 5.46. The van der Waals surface area contributed by atoms with E-state index in [9.17, 15) is 43.5 Å². The number of esters is 1. The maximum absolute atomic E-state index is 13.9. The third-order valence-corrected chi connectivity index (χ3v) is 9.16. The first-order chi connectivity index (χ1) is 25.8. The van der Waals surface area contributed by atoms with Crippen LogP contribution >= 0.6 is 0 Å². The van der Waals surface area contributed by atoms with Crippen LogP contribution in [0.4, 0.5) is 0 Å². The average Bonchev–Trinajstić information content (AvgIpc) is 3.41. The molecule has 0 fully saturated rings. The Balaban J connectivity index is 2.04. The van der Waals surface area contributed by atoms with E-state index in [0.29, 0.717) is 5.56 Å². The van der Waals surface area contributed by atoms with Gasteiger partial charge in [-0.3, -0.25) is 33.7 Å². The van der Waals surface area contributed by atoms with Crippen molar-refractivity contribution in [3.63, 3.8) is 0 Å². The summed E-state index contributed by atoms with van der Waals surface area (Å²) in [5.41, 5.74) is -0.900. The highest BCUT2D eigenvalue weighted by atomic mass is 16.6. The number of aliphatic carboxylic acids is 1. The summed E-state index contributed by atoms with van der Waals surface area (Å²) in [6.07, 6.45) is 3.23. The van der Waals surface area contributed by atoms with E-state index in [1.165, 1.54) is 24.9 Å². The van der Waals surface area contributed by atoms with E-state index in [2.05, 4.69) is 21.3 Å². The number of carboxylic acids is 1. The maximum Gasteiger partial charge on any atom is 0.338 e. The van der Waals surface area contributed by atoms with Crippen molar-refractivity contribution in [1.82, 2.24) is 31.1 Å². The molecule has 16 heteroatoms. The van der Waals surface area contributed by atoms with Gasteiger partial charge in [0.2, 0.25) is 23.6 Å². The summed E-state index contributed by atoms with van der Waals surface area (Å²) in [7, 11) is 3.16. The molecule has 1 aromatic rings. The van der Waals surface area contributed by atoms with Crippen molar-refractivity contribution in [2.75, 3.05) is 33.7 Å². The highest BCUT2D eigenvalue weighted by Gasteiger charge is 2.41. The van der Waals surface area contributed by atoms with Crippen LogP contribution in [-0.4, -0.2) is 120 Å². The predicted molar refractivity (Wildman–Crippen MR) is 208 cm³/mol. The highest BCUT2D eigenvalue weighted by Crippen LogP contribution is 2.29. The summed E-state index contributed by atoms with van der Waals surface area (Å²) in [6, 6.07) is 3.67. The number of rotatable bonds is 18. The van der Waals surface area contributed by atoms with E-state index in [4.69, 9.17) is 4.74 Å². The van der Waals surface area contributed by atoms with Crippen molar-refractivity contribution >= 4 is 47.4 Å². The van der Waals surface area contributed by atoms with Gasteiger partial charge in [-0.05, 0) is 64.3 Å². The molecule has 0 spiro atoms. The second-order valence-corrected chi connectivity index (χ2v) is 16.4. The Morgan fingerprint density at radius 3 is 1.96 bits per heavy atom. The van der Waals surface area contributed by atoms with Gasteiger partial charge in [0.15, 0.2) is 0 Å². The van der Waals surface area contributed by atoms with Gasteiger partial charge in [0.25, 0.3) is 11.8 Å². The summed E-state index contributed by atoms with van der Waals surface area (Å²) in [5, 5.41) is 20.6. The number of hydrogen-bond acceptors (Lipinski definition) is 10. The van der Waals surface area contributed by atoms with Gasteiger partial charge in [0.1, 0.15) is 17.7 Å². The molecule has 3 atom stereocenters. The lowest BCUT2D eigenvalue weighted by Crippen LogP contribution is -2.60.